The van der Waals surface area contributed by atoms with Crippen LogP contribution in [0.3, 0.4) is 0 Å². The van der Waals surface area contributed by atoms with Gasteiger partial charge in [-0.2, -0.15) is 11.8 Å². The Morgan fingerprint density at radius 2 is 2.24 bits per heavy atom. The van der Waals surface area contributed by atoms with E-state index < -0.39 is 12.0 Å². The minimum atomic E-state index is -1.04. The van der Waals surface area contributed by atoms with Crippen molar-refractivity contribution in [2.45, 2.75) is 49.9 Å². The summed E-state index contributed by atoms with van der Waals surface area (Å²) in [6.07, 6.45) is 2.86. The number of amides is 1. The fourth-order valence-corrected chi connectivity index (χ4v) is 3.27. The summed E-state index contributed by atoms with van der Waals surface area (Å²) >= 11 is 1.84. The summed E-state index contributed by atoms with van der Waals surface area (Å²) in [5.41, 5.74) is 5.52. The molecule has 0 aliphatic heterocycles. The van der Waals surface area contributed by atoms with Gasteiger partial charge < -0.3 is 16.2 Å². The molecule has 1 aliphatic rings. The van der Waals surface area contributed by atoms with Gasteiger partial charge in [0.15, 0.2) is 0 Å². The van der Waals surface area contributed by atoms with Crippen molar-refractivity contribution in [1.29, 1.82) is 0 Å². The first-order valence-electron chi connectivity index (χ1n) is 5.94. The lowest BCUT2D eigenvalue weighted by atomic mass is 10.2. The second-order valence-electron chi connectivity index (χ2n) is 4.24. The van der Waals surface area contributed by atoms with E-state index in [1.165, 1.54) is 0 Å². The molecule has 4 N–H and O–H groups in total. The molecule has 1 fully saturated rings. The lowest BCUT2D eigenvalue weighted by Crippen LogP contribution is -2.48. The Hall–Kier alpha value is -0.750. The smallest absolute Gasteiger partial charge is 0.305 e. The van der Waals surface area contributed by atoms with Crippen LogP contribution < -0.4 is 11.1 Å². The standard InChI is InChI=1S/C11H20N2O3S/c1-2-17-9-5-3-4-8(9)13-11(16)7(12)6-10(14)15/h7-9H,2-6,12H2,1H3,(H,13,16)(H,14,15). The number of aliphatic carboxylic acids is 1. The highest BCUT2D eigenvalue weighted by Crippen LogP contribution is 2.29. The summed E-state index contributed by atoms with van der Waals surface area (Å²) in [7, 11) is 0. The number of hydrogen-bond acceptors (Lipinski definition) is 4. The van der Waals surface area contributed by atoms with Crippen molar-refractivity contribution >= 4 is 23.6 Å². The molecule has 0 radical (unpaired) electrons. The van der Waals surface area contributed by atoms with Gasteiger partial charge in [-0.15, -0.1) is 0 Å². The van der Waals surface area contributed by atoms with E-state index in [0.29, 0.717) is 5.25 Å². The van der Waals surface area contributed by atoms with Crippen LogP contribution in [0.1, 0.15) is 32.6 Å². The Morgan fingerprint density at radius 3 is 2.82 bits per heavy atom. The number of carbonyl (C=O) groups is 2. The molecular formula is C11H20N2O3S. The summed E-state index contributed by atoms with van der Waals surface area (Å²) in [5, 5.41) is 11.9. The fourth-order valence-electron chi connectivity index (χ4n) is 2.08. The maximum Gasteiger partial charge on any atom is 0.305 e. The van der Waals surface area contributed by atoms with Crippen molar-refractivity contribution in [3.8, 4) is 0 Å². The molecule has 0 heterocycles. The summed E-state index contributed by atoms with van der Waals surface area (Å²) in [5.74, 6) is -0.363. The first-order chi connectivity index (χ1) is 8.04. The molecule has 1 rings (SSSR count). The zero-order valence-corrected chi connectivity index (χ0v) is 10.8. The van der Waals surface area contributed by atoms with Crippen molar-refractivity contribution in [1.82, 2.24) is 5.32 Å². The molecule has 5 nitrogen and oxygen atoms in total. The van der Waals surface area contributed by atoms with Gasteiger partial charge in [-0.05, 0) is 18.6 Å². The SMILES string of the molecule is CCSC1CCCC1NC(=O)C(N)CC(=O)O. The van der Waals surface area contributed by atoms with Gasteiger partial charge in [-0.25, -0.2) is 0 Å². The second kappa shape index (κ2) is 6.86. The molecule has 6 heteroatoms. The van der Waals surface area contributed by atoms with Gasteiger partial charge in [0.05, 0.1) is 12.5 Å². The number of rotatable bonds is 6. The molecule has 1 aliphatic carbocycles. The van der Waals surface area contributed by atoms with Crippen molar-refractivity contribution in [3.05, 3.63) is 0 Å². The van der Waals surface area contributed by atoms with Crippen molar-refractivity contribution in [3.63, 3.8) is 0 Å². The lowest BCUT2D eigenvalue weighted by molar-refractivity contribution is -0.139. The lowest BCUT2D eigenvalue weighted by Gasteiger charge is -2.21. The van der Waals surface area contributed by atoms with Crippen LogP contribution >= 0.6 is 11.8 Å². The van der Waals surface area contributed by atoms with Crippen LogP contribution in [0, 0.1) is 0 Å². The van der Waals surface area contributed by atoms with Crippen LogP contribution in [-0.2, 0) is 9.59 Å². The van der Waals surface area contributed by atoms with Gasteiger partial charge in [-0.3, -0.25) is 9.59 Å². The molecule has 1 amide bonds. The molecule has 3 atom stereocenters. The number of carbonyl (C=O) groups excluding carboxylic acids is 1. The molecule has 0 aromatic heterocycles. The van der Waals surface area contributed by atoms with Gasteiger partial charge in [0.2, 0.25) is 5.91 Å². The molecular weight excluding hydrogens is 240 g/mol. The largest absolute Gasteiger partial charge is 0.481 e. The first kappa shape index (κ1) is 14.3. The third kappa shape index (κ3) is 4.55. The van der Waals surface area contributed by atoms with E-state index in [2.05, 4.69) is 12.2 Å². The predicted octanol–water partition coefficient (Wildman–Crippen LogP) is 0.579. The maximum atomic E-state index is 11.7. The van der Waals surface area contributed by atoms with Crippen molar-refractivity contribution in [2.75, 3.05) is 5.75 Å². The molecule has 0 saturated heterocycles. The molecule has 3 unspecified atom stereocenters. The topological polar surface area (TPSA) is 92.4 Å². The Bertz CT molecular complexity index is 286. The Kier molecular flexibility index (Phi) is 5.77. The zero-order valence-electron chi connectivity index (χ0n) is 10.0. The third-order valence-electron chi connectivity index (χ3n) is 2.89. The number of thioether (sulfide) groups is 1. The van der Waals surface area contributed by atoms with E-state index in [-0.39, 0.29) is 18.4 Å². The van der Waals surface area contributed by atoms with E-state index >= 15 is 0 Å². The molecule has 0 bridgehead atoms. The van der Waals surface area contributed by atoms with E-state index in [1.54, 1.807) is 0 Å². The molecule has 0 aromatic rings. The Balaban J connectivity index is 2.41. The van der Waals surface area contributed by atoms with Crippen molar-refractivity contribution < 1.29 is 14.7 Å². The van der Waals surface area contributed by atoms with Gasteiger partial charge in [-0.1, -0.05) is 13.3 Å². The minimum Gasteiger partial charge on any atom is -0.481 e. The normalized spacial score (nSPS) is 25.5. The predicted molar refractivity (Wildman–Crippen MR) is 67.9 cm³/mol. The van der Waals surface area contributed by atoms with Crippen LogP contribution in [0.4, 0.5) is 0 Å². The molecule has 1 saturated carbocycles. The number of hydrogen-bond donors (Lipinski definition) is 3. The molecule has 0 aromatic carbocycles. The quantitative estimate of drug-likeness (QED) is 0.649. The second-order valence-corrected chi connectivity index (χ2v) is 5.76. The van der Waals surface area contributed by atoms with Gasteiger partial charge in [0.1, 0.15) is 0 Å². The highest BCUT2D eigenvalue weighted by Gasteiger charge is 2.30. The van der Waals surface area contributed by atoms with Crippen LogP contribution in [0.25, 0.3) is 0 Å². The fraction of sp³-hybridized carbons (Fsp3) is 0.818. The van der Waals surface area contributed by atoms with E-state index in [9.17, 15) is 9.59 Å². The van der Waals surface area contributed by atoms with E-state index in [4.69, 9.17) is 10.8 Å². The summed E-state index contributed by atoms with van der Waals surface area (Å²) < 4.78 is 0. The maximum absolute atomic E-state index is 11.7. The van der Waals surface area contributed by atoms with Crippen LogP contribution in [0.5, 0.6) is 0 Å². The number of carboxylic acid groups (broad SMARTS) is 1. The van der Waals surface area contributed by atoms with Gasteiger partial charge >= 0.3 is 5.97 Å². The van der Waals surface area contributed by atoms with Crippen LogP contribution in [0.2, 0.25) is 0 Å². The summed E-state index contributed by atoms with van der Waals surface area (Å²) in [6.45, 7) is 2.10. The summed E-state index contributed by atoms with van der Waals surface area (Å²) in [4.78, 5) is 22.1. The monoisotopic (exact) mass is 260 g/mol. The zero-order chi connectivity index (χ0) is 12.8. The first-order valence-corrected chi connectivity index (χ1v) is 6.98. The van der Waals surface area contributed by atoms with Crippen LogP contribution in [0.15, 0.2) is 0 Å². The number of carboxylic acids is 1. The average Bonchev–Trinajstić information content (AvgIpc) is 2.65. The molecule has 17 heavy (non-hydrogen) atoms. The van der Waals surface area contributed by atoms with Gasteiger partial charge in [0, 0.05) is 11.3 Å². The van der Waals surface area contributed by atoms with E-state index in [1.807, 2.05) is 11.8 Å². The Morgan fingerprint density at radius 1 is 1.53 bits per heavy atom. The number of nitrogens with two attached hydrogens (primary N) is 1. The average molecular weight is 260 g/mol. The van der Waals surface area contributed by atoms with Gasteiger partial charge in [0.25, 0.3) is 0 Å². The highest BCUT2D eigenvalue weighted by atomic mass is 32.2. The molecule has 98 valence electrons. The summed E-state index contributed by atoms with van der Waals surface area (Å²) in [6, 6.07) is -0.798. The molecule has 0 spiro atoms. The van der Waals surface area contributed by atoms with E-state index in [0.717, 1.165) is 25.0 Å². The Labute approximate surface area is 106 Å². The third-order valence-corrected chi connectivity index (χ3v) is 4.22. The van der Waals surface area contributed by atoms with Crippen molar-refractivity contribution in [2.24, 2.45) is 5.73 Å². The highest BCUT2D eigenvalue weighted by molar-refractivity contribution is 7.99. The van der Waals surface area contributed by atoms with Crippen LogP contribution in [-0.4, -0.2) is 40.1 Å². The number of nitrogens with one attached hydrogen (secondary N) is 1. The minimum absolute atomic E-state index is 0.146.